The molecule has 0 heterocycles. The highest BCUT2D eigenvalue weighted by Crippen LogP contribution is 2.41. The first kappa shape index (κ1) is 14.7. The molecule has 90 valence electrons. The molecule has 1 atom stereocenters. The first-order valence-corrected chi connectivity index (χ1v) is 5.18. The van der Waals surface area contributed by atoms with Crippen molar-refractivity contribution < 1.29 is 14.6 Å². The van der Waals surface area contributed by atoms with Crippen molar-refractivity contribution in [2.45, 2.75) is 44.8 Å². The van der Waals surface area contributed by atoms with Crippen LogP contribution in [-0.4, -0.2) is 29.3 Å². The van der Waals surface area contributed by atoms with Crippen LogP contribution in [0.2, 0.25) is 0 Å². The fourth-order valence-electron chi connectivity index (χ4n) is 1.90. The maximum absolute atomic E-state index is 11.2. The smallest absolute Gasteiger partial charge is 0.309 e. The van der Waals surface area contributed by atoms with Crippen molar-refractivity contribution in [2.75, 3.05) is 6.61 Å². The summed E-state index contributed by atoms with van der Waals surface area (Å²) >= 11 is 0. The number of ether oxygens (including phenoxy) is 1. The molecule has 0 aromatic carbocycles. The van der Waals surface area contributed by atoms with Gasteiger partial charge in [0.1, 0.15) is 0 Å². The van der Waals surface area contributed by atoms with Gasteiger partial charge < -0.3 is 15.6 Å². The lowest BCUT2D eigenvalue weighted by Crippen LogP contribution is -2.58. The lowest BCUT2D eigenvalue weighted by atomic mass is 9.66. The summed E-state index contributed by atoms with van der Waals surface area (Å²) in [5.41, 5.74) is 4.91. The van der Waals surface area contributed by atoms with E-state index in [0.29, 0.717) is 19.4 Å². The second kappa shape index (κ2) is 5.68. The molecule has 0 aromatic rings. The summed E-state index contributed by atoms with van der Waals surface area (Å²) in [6, 6.07) is -0.229. The average Bonchev–Trinajstić information content (AvgIpc) is 2.11. The van der Waals surface area contributed by atoms with E-state index in [1.165, 1.54) is 0 Å². The van der Waals surface area contributed by atoms with Crippen LogP contribution in [-0.2, 0) is 9.53 Å². The minimum absolute atomic E-state index is 0. The Hall–Kier alpha value is -0.320. The molecule has 0 aromatic heterocycles. The van der Waals surface area contributed by atoms with Gasteiger partial charge in [-0.1, -0.05) is 6.92 Å². The largest absolute Gasteiger partial charge is 0.466 e. The van der Waals surface area contributed by atoms with Crippen molar-refractivity contribution in [1.82, 2.24) is 0 Å². The SMILES string of the molecule is CCOC(=O)C1CC(O)(C(N)CC)C1.Cl. The molecule has 1 aliphatic rings. The molecule has 0 radical (unpaired) electrons. The second-order valence-electron chi connectivity index (χ2n) is 3.98. The van der Waals surface area contributed by atoms with Gasteiger partial charge in [-0.2, -0.15) is 0 Å². The Balaban J connectivity index is 0.00000196. The maximum atomic E-state index is 11.2. The van der Waals surface area contributed by atoms with E-state index in [4.69, 9.17) is 10.5 Å². The molecule has 5 heteroatoms. The Morgan fingerprint density at radius 2 is 2.13 bits per heavy atom. The van der Waals surface area contributed by atoms with Gasteiger partial charge in [0.05, 0.1) is 18.1 Å². The van der Waals surface area contributed by atoms with Gasteiger partial charge in [-0.3, -0.25) is 4.79 Å². The number of hydrogen-bond donors (Lipinski definition) is 2. The van der Waals surface area contributed by atoms with Crippen LogP contribution < -0.4 is 5.73 Å². The zero-order valence-electron chi connectivity index (χ0n) is 9.23. The molecule has 1 saturated carbocycles. The Labute approximate surface area is 96.6 Å². The van der Waals surface area contributed by atoms with Crippen LogP contribution in [0.25, 0.3) is 0 Å². The van der Waals surface area contributed by atoms with Crippen molar-refractivity contribution in [3.63, 3.8) is 0 Å². The van der Waals surface area contributed by atoms with Crippen LogP contribution in [0.3, 0.4) is 0 Å². The summed E-state index contributed by atoms with van der Waals surface area (Å²) in [4.78, 5) is 11.2. The molecule has 0 aliphatic heterocycles. The van der Waals surface area contributed by atoms with Gasteiger partial charge in [-0.05, 0) is 26.2 Å². The molecule has 4 nitrogen and oxygen atoms in total. The van der Waals surface area contributed by atoms with Crippen molar-refractivity contribution >= 4 is 18.4 Å². The van der Waals surface area contributed by atoms with Crippen LogP contribution in [0.15, 0.2) is 0 Å². The molecule has 0 spiro atoms. The number of rotatable bonds is 4. The van der Waals surface area contributed by atoms with Crippen LogP contribution in [0.4, 0.5) is 0 Å². The summed E-state index contributed by atoms with van der Waals surface area (Å²) in [6.07, 6.45) is 1.62. The zero-order valence-corrected chi connectivity index (χ0v) is 10.0. The lowest BCUT2D eigenvalue weighted by molar-refractivity contribution is -0.166. The average molecular weight is 238 g/mol. The quantitative estimate of drug-likeness (QED) is 0.711. The summed E-state index contributed by atoms with van der Waals surface area (Å²) < 4.78 is 4.86. The first-order valence-electron chi connectivity index (χ1n) is 5.18. The van der Waals surface area contributed by atoms with E-state index in [1.54, 1.807) is 6.92 Å². The standard InChI is InChI=1S/C10H19NO3.ClH/c1-3-8(11)10(13)5-7(6-10)9(12)14-4-2;/h7-8,13H,3-6,11H2,1-2H3;1H. The van der Waals surface area contributed by atoms with E-state index >= 15 is 0 Å². The fraction of sp³-hybridized carbons (Fsp3) is 0.900. The molecule has 1 aliphatic carbocycles. The summed E-state index contributed by atoms with van der Waals surface area (Å²) in [5.74, 6) is -0.363. The van der Waals surface area contributed by atoms with Gasteiger partial charge in [0.2, 0.25) is 0 Å². The minimum atomic E-state index is -0.841. The van der Waals surface area contributed by atoms with Gasteiger partial charge in [-0.15, -0.1) is 12.4 Å². The van der Waals surface area contributed by atoms with Crippen molar-refractivity contribution in [2.24, 2.45) is 11.7 Å². The van der Waals surface area contributed by atoms with E-state index in [9.17, 15) is 9.90 Å². The Kier molecular flexibility index (Phi) is 5.56. The van der Waals surface area contributed by atoms with E-state index in [1.807, 2.05) is 6.92 Å². The van der Waals surface area contributed by atoms with Gasteiger partial charge in [0, 0.05) is 6.04 Å². The van der Waals surface area contributed by atoms with Crippen LogP contribution in [0.1, 0.15) is 33.1 Å². The molecule has 0 bridgehead atoms. The number of hydrogen-bond acceptors (Lipinski definition) is 4. The number of carbonyl (C=O) groups is 1. The van der Waals surface area contributed by atoms with Crippen LogP contribution in [0, 0.1) is 5.92 Å². The fourth-order valence-corrected chi connectivity index (χ4v) is 1.90. The molecule has 15 heavy (non-hydrogen) atoms. The van der Waals surface area contributed by atoms with Crippen LogP contribution >= 0.6 is 12.4 Å². The lowest BCUT2D eigenvalue weighted by Gasteiger charge is -2.45. The number of halogens is 1. The van der Waals surface area contributed by atoms with Crippen LogP contribution in [0.5, 0.6) is 0 Å². The number of esters is 1. The monoisotopic (exact) mass is 237 g/mol. The highest BCUT2D eigenvalue weighted by atomic mass is 35.5. The molecule has 0 amide bonds. The molecule has 1 unspecified atom stereocenters. The Bertz CT molecular complexity index is 217. The van der Waals surface area contributed by atoms with Crippen molar-refractivity contribution in [3.05, 3.63) is 0 Å². The van der Waals surface area contributed by atoms with Gasteiger partial charge in [0.15, 0.2) is 0 Å². The van der Waals surface area contributed by atoms with Gasteiger partial charge in [0.25, 0.3) is 0 Å². The first-order chi connectivity index (χ1) is 6.53. The maximum Gasteiger partial charge on any atom is 0.309 e. The third kappa shape index (κ3) is 3.06. The summed E-state index contributed by atoms with van der Waals surface area (Å²) in [7, 11) is 0. The van der Waals surface area contributed by atoms with Gasteiger partial charge in [-0.25, -0.2) is 0 Å². The number of carbonyl (C=O) groups excluding carboxylic acids is 1. The molecular formula is C10H20ClNO3. The second-order valence-corrected chi connectivity index (χ2v) is 3.98. The number of nitrogens with two attached hydrogens (primary N) is 1. The molecule has 1 fully saturated rings. The number of aliphatic hydroxyl groups is 1. The topological polar surface area (TPSA) is 72.5 Å². The van der Waals surface area contributed by atoms with E-state index < -0.39 is 5.60 Å². The molecule has 1 rings (SSSR count). The normalized spacial score (nSPS) is 31.1. The Morgan fingerprint density at radius 3 is 2.53 bits per heavy atom. The predicted octanol–water partition coefficient (Wildman–Crippen LogP) is 0.850. The molecule has 0 saturated heterocycles. The highest BCUT2D eigenvalue weighted by Gasteiger charge is 2.49. The predicted molar refractivity (Wildman–Crippen MR) is 59.8 cm³/mol. The minimum Gasteiger partial charge on any atom is -0.466 e. The van der Waals surface area contributed by atoms with E-state index in [0.717, 1.165) is 6.42 Å². The highest BCUT2D eigenvalue weighted by molar-refractivity contribution is 5.85. The summed E-state index contributed by atoms with van der Waals surface area (Å²) in [6.45, 7) is 4.11. The third-order valence-electron chi connectivity index (χ3n) is 2.95. The Morgan fingerprint density at radius 1 is 1.60 bits per heavy atom. The molecular weight excluding hydrogens is 218 g/mol. The zero-order chi connectivity index (χ0) is 10.8. The van der Waals surface area contributed by atoms with Crippen molar-refractivity contribution in [3.8, 4) is 0 Å². The van der Waals surface area contributed by atoms with E-state index in [-0.39, 0.29) is 30.3 Å². The third-order valence-corrected chi connectivity index (χ3v) is 2.95. The van der Waals surface area contributed by atoms with E-state index in [2.05, 4.69) is 0 Å². The van der Waals surface area contributed by atoms with Gasteiger partial charge >= 0.3 is 5.97 Å². The summed E-state index contributed by atoms with van der Waals surface area (Å²) in [5, 5.41) is 9.93. The van der Waals surface area contributed by atoms with Crippen molar-refractivity contribution in [1.29, 1.82) is 0 Å². The molecule has 3 N–H and O–H groups in total.